The van der Waals surface area contributed by atoms with Crippen LogP contribution >= 0.6 is 0 Å². The Bertz CT molecular complexity index is 369. The third-order valence-electron chi connectivity index (χ3n) is 2.75. The third-order valence-corrected chi connectivity index (χ3v) is 4.47. The van der Waals surface area contributed by atoms with Crippen molar-refractivity contribution in [2.24, 2.45) is 10.8 Å². The van der Waals surface area contributed by atoms with E-state index < -0.39 is 9.84 Å². The Morgan fingerprint density at radius 3 is 2.89 bits per heavy atom. The van der Waals surface area contributed by atoms with Gasteiger partial charge in [0, 0.05) is 33.4 Å². The molecule has 1 aliphatic rings. The van der Waals surface area contributed by atoms with Crippen molar-refractivity contribution >= 4 is 15.8 Å². The van der Waals surface area contributed by atoms with Gasteiger partial charge in [-0.3, -0.25) is 10.4 Å². The maximum atomic E-state index is 11.5. The minimum absolute atomic E-state index is 0.159. The Morgan fingerprint density at radius 1 is 1.44 bits per heavy atom. The molecule has 1 rings (SSSR count). The number of rotatable bonds is 4. The Kier molecular flexibility index (Phi) is 6.37. The van der Waals surface area contributed by atoms with Crippen molar-refractivity contribution in [1.29, 1.82) is 0 Å². The SMILES string of the molecule is COCCCN=C(NN)N1CCCS(=O)(=O)CC1. The van der Waals surface area contributed by atoms with Gasteiger partial charge >= 0.3 is 0 Å². The van der Waals surface area contributed by atoms with E-state index in [2.05, 4.69) is 10.4 Å². The molecule has 0 amide bonds. The van der Waals surface area contributed by atoms with Crippen LogP contribution in [-0.4, -0.2) is 64.1 Å². The van der Waals surface area contributed by atoms with Gasteiger partial charge in [0.25, 0.3) is 0 Å². The molecular formula is C10H22N4O3S. The van der Waals surface area contributed by atoms with E-state index in [0.717, 1.165) is 6.42 Å². The van der Waals surface area contributed by atoms with Crippen LogP contribution in [0.25, 0.3) is 0 Å². The molecule has 1 aliphatic heterocycles. The maximum absolute atomic E-state index is 11.5. The van der Waals surface area contributed by atoms with Gasteiger partial charge < -0.3 is 9.64 Å². The van der Waals surface area contributed by atoms with Gasteiger partial charge in [-0.05, 0) is 12.8 Å². The number of methoxy groups -OCH3 is 1. The van der Waals surface area contributed by atoms with Crippen molar-refractivity contribution < 1.29 is 13.2 Å². The highest BCUT2D eigenvalue weighted by atomic mass is 32.2. The van der Waals surface area contributed by atoms with E-state index in [9.17, 15) is 8.42 Å². The summed E-state index contributed by atoms with van der Waals surface area (Å²) in [6.07, 6.45) is 1.43. The van der Waals surface area contributed by atoms with Crippen molar-refractivity contribution in [1.82, 2.24) is 10.3 Å². The molecule has 8 heteroatoms. The summed E-state index contributed by atoms with van der Waals surface area (Å²) in [5.74, 6) is 6.39. The standard InChI is InChI=1S/C10H22N4O3S/c1-17-7-2-4-12-10(13-11)14-5-3-8-18(15,16)9-6-14/h2-9,11H2,1H3,(H,12,13). The second kappa shape index (κ2) is 7.55. The summed E-state index contributed by atoms with van der Waals surface area (Å²) in [7, 11) is -1.26. The van der Waals surface area contributed by atoms with Crippen molar-refractivity contribution in [3.05, 3.63) is 0 Å². The Balaban J connectivity index is 2.53. The molecule has 0 aromatic heterocycles. The molecule has 1 fully saturated rings. The van der Waals surface area contributed by atoms with E-state index in [0.29, 0.717) is 38.6 Å². The van der Waals surface area contributed by atoms with Crippen molar-refractivity contribution in [2.75, 3.05) is 44.9 Å². The summed E-state index contributed by atoms with van der Waals surface area (Å²) in [6.45, 7) is 2.36. The lowest BCUT2D eigenvalue weighted by molar-refractivity contribution is 0.197. The number of hydrogen-bond acceptors (Lipinski definition) is 5. The predicted octanol–water partition coefficient (Wildman–Crippen LogP) is -1.04. The number of aliphatic imine (C=N–C) groups is 1. The number of guanidine groups is 1. The lowest BCUT2D eigenvalue weighted by atomic mass is 10.4. The highest BCUT2D eigenvalue weighted by Gasteiger charge is 2.20. The Hall–Kier alpha value is -0.860. The second-order valence-corrected chi connectivity index (χ2v) is 6.49. The van der Waals surface area contributed by atoms with Crippen LogP contribution < -0.4 is 11.3 Å². The molecule has 0 aliphatic carbocycles. The molecular weight excluding hydrogens is 256 g/mol. The average molecular weight is 278 g/mol. The fourth-order valence-corrected chi connectivity index (χ4v) is 3.05. The lowest BCUT2D eigenvalue weighted by Crippen LogP contribution is -2.46. The van der Waals surface area contributed by atoms with Crippen LogP contribution in [0.15, 0.2) is 4.99 Å². The minimum Gasteiger partial charge on any atom is -0.385 e. The fraction of sp³-hybridized carbons (Fsp3) is 0.900. The molecule has 0 unspecified atom stereocenters. The molecule has 0 aromatic rings. The van der Waals surface area contributed by atoms with E-state index in [1.54, 1.807) is 7.11 Å². The fourth-order valence-electron chi connectivity index (χ4n) is 1.78. The highest BCUT2D eigenvalue weighted by molar-refractivity contribution is 7.91. The van der Waals surface area contributed by atoms with Crippen LogP contribution in [0.2, 0.25) is 0 Å². The molecule has 7 nitrogen and oxygen atoms in total. The van der Waals surface area contributed by atoms with E-state index in [1.807, 2.05) is 4.90 Å². The first-order valence-electron chi connectivity index (χ1n) is 6.04. The normalized spacial score (nSPS) is 20.6. The van der Waals surface area contributed by atoms with Crippen LogP contribution in [0.3, 0.4) is 0 Å². The zero-order chi connectivity index (χ0) is 13.4. The number of hydrazine groups is 1. The zero-order valence-electron chi connectivity index (χ0n) is 10.8. The molecule has 0 atom stereocenters. The van der Waals surface area contributed by atoms with Crippen LogP contribution in [0.5, 0.6) is 0 Å². The second-order valence-electron chi connectivity index (χ2n) is 4.19. The van der Waals surface area contributed by atoms with Gasteiger partial charge in [0.2, 0.25) is 5.96 Å². The van der Waals surface area contributed by atoms with E-state index >= 15 is 0 Å². The van der Waals surface area contributed by atoms with Gasteiger partial charge in [0.15, 0.2) is 9.84 Å². The largest absolute Gasteiger partial charge is 0.385 e. The molecule has 1 saturated heterocycles. The van der Waals surface area contributed by atoms with Crippen LogP contribution in [0.1, 0.15) is 12.8 Å². The molecule has 0 saturated carbocycles. The molecule has 3 N–H and O–H groups in total. The van der Waals surface area contributed by atoms with Gasteiger partial charge in [-0.1, -0.05) is 0 Å². The van der Waals surface area contributed by atoms with Gasteiger partial charge in [0.1, 0.15) is 0 Å². The van der Waals surface area contributed by atoms with Crippen molar-refractivity contribution in [3.63, 3.8) is 0 Å². The summed E-state index contributed by atoms with van der Waals surface area (Å²) >= 11 is 0. The first-order valence-corrected chi connectivity index (χ1v) is 7.86. The summed E-state index contributed by atoms with van der Waals surface area (Å²) in [5, 5.41) is 0. The third kappa shape index (κ3) is 5.19. The minimum atomic E-state index is -2.91. The van der Waals surface area contributed by atoms with E-state index in [4.69, 9.17) is 10.6 Å². The average Bonchev–Trinajstić information content (AvgIpc) is 2.51. The number of ether oxygens (including phenoxy) is 1. The van der Waals surface area contributed by atoms with Crippen LogP contribution in [0, 0.1) is 0 Å². The molecule has 1 heterocycles. The highest BCUT2D eigenvalue weighted by Crippen LogP contribution is 2.05. The van der Waals surface area contributed by atoms with E-state index in [1.165, 1.54) is 0 Å². The summed E-state index contributed by atoms with van der Waals surface area (Å²) in [4.78, 5) is 6.21. The number of sulfone groups is 1. The summed E-state index contributed by atoms with van der Waals surface area (Å²) in [5.41, 5.74) is 2.54. The maximum Gasteiger partial charge on any atom is 0.208 e. The summed E-state index contributed by atoms with van der Waals surface area (Å²) in [6, 6.07) is 0. The smallest absolute Gasteiger partial charge is 0.208 e. The monoisotopic (exact) mass is 278 g/mol. The number of nitrogens with one attached hydrogen (secondary N) is 1. The van der Waals surface area contributed by atoms with Crippen molar-refractivity contribution in [3.8, 4) is 0 Å². The van der Waals surface area contributed by atoms with Crippen LogP contribution in [0.4, 0.5) is 0 Å². The van der Waals surface area contributed by atoms with Gasteiger partial charge in [-0.2, -0.15) is 0 Å². The molecule has 106 valence electrons. The quantitative estimate of drug-likeness (QED) is 0.224. The van der Waals surface area contributed by atoms with Crippen LogP contribution in [-0.2, 0) is 14.6 Å². The van der Waals surface area contributed by atoms with E-state index in [-0.39, 0.29) is 11.5 Å². The first-order chi connectivity index (χ1) is 8.59. The molecule has 0 radical (unpaired) electrons. The molecule has 0 bridgehead atoms. The molecule has 0 aromatic carbocycles. The number of hydrogen-bond donors (Lipinski definition) is 2. The zero-order valence-corrected chi connectivity index (χ0v) is 11.6. The predicted molar refractivity (Wildman–Crippen MR) is 71.0 cm³/mol. The Labute approximate surface area is 108 Å². The van der Waals surface area contributed by atoms with Gasteiger partial charge in [0.05, 0.1) is 11.5 Å². The first kappa shape index (κ1) is 15.2. The van der Waals surface area contributed by atoms with Crippen molar-refractivity contribution in [2.45, 2.75) is 12.8 Å². The van der Waals surface area contributed by atoms with Gasteiger partial charge in [-0.15, -0.1) is 0 Å². The van der Waals surface area contributed by atoms with Gasteiger partial charge in [-0.25, -0.2) is 14.3 Å². The molecule has 0 spiro atoms. The lowest BCUT2D eigenvalue weighted by Gasteiger charge is -2.23. The summed E-state index contributed by atoms with van der Waals surface area (Å²) < 4.78 is 27.9. The molecule has 18 heavy (non-hydrogen) atoms. The number of nitrogens with zero attached hydrogens (tertiary/aromatic N) is 2. The number of nitrogens with two attached hydrogens (primary N) is 1. The Morgan fingerprint density at radius 2 is 2.22 bits per heavy atom. The topological polar surface area (TPSA) is 97.0 Å².